The summed E-state index contributed by atoms with van der Waals surface area (Å²) in [5.41, 5.74) is 1.76. The molecule has 0 aliphatic rings. The van der Waals surface area contributed by atoms with E-state index in [1.807, 2.05) is 18.2 Å². The van der Waals surface area contributed by atoms with Crippen molar-refractivity contribution in [3.8, 4) is 0 Å². The van der Waals surface area contributed by atoms with Crippen LogP contribution in [0, 0.1) is 0 Å². The van der Waals surface area contributed by atoms with Crippen LogP contribution in [0.4, 0.5) is 5.69 Å². The van der Waals surface area contributed by atoms with Gasteiger partial charge in [0, 0.05) is 25.8 Å². The molecule has 0 amide bonds. The van der Waals surface area contributed by atoms with Gasteiger partial charge in [-0.05, 0) is 13.0 Å². The van der Waals surface area contributed by atoms with Gasteiger partial charge in [-0.3, -0.25) is 0 Å². The smallest absolute Gasteiger partial charge is 0.0702 e. The van der Waals surface area contributed by atoms with E-state index in [2.05, 4.69) is 11.8 Å². The molecular formula is C12H18ClNO2. The zero-order valence-corrected chi connectivity index (χ0v) is 10.5. The Bertz CT molecular complexity index is 331. The second-order valence-corrected chi connectivity index (χ2v) is 3.89. The van der Waals surface area contributed by atoms with Crippen molar-refractivity contribution in [1.82, 2.24) is 0 Å². The zero-order valence-electron chi connectivity index (χ0n) is 9.74. The third-order valence-corrected chi connectivity index (χ3v) is 2.81. The number of nitrogens with zero attached hydrogens (tertiary/aromatic N) is 1. The van der Waals surface area contributed by atoms with Crippen molar-refractivity contribution in [3.63, 3.8) is 0 Å². The average Bonchev–Trinajstić information content (AvgIpc) is 2.31. The summed E-state index contributed by atoms with van der Waals surface area (Å²) in [4.78, 5) is 2.11. The first-order chi connectivity index (χ1) is 7.74. The average molecular weight is 244 g/mol. The highest BCUT2D eigenvalue weighted by molar-refractivity contribution is 6.33. The fourth-order valence-corrected chi connectivity index (χ4v) is 1.98. The molecule has 0 fully saturated rings. The van der Waals surface area contributed by atoms with Gasteiger partial charge in [-0.25, -0.2) is 0 Å². The van der Waals surface area contributed by atoms with Crippen LogP contribution in [0.5, 0.6) is 0 Å². The van der Waals surface area contributed by atoms with Crippen LogP contribution in [0.1, 0.15) is 12.5 Å². The number of rotatable bonds is 6. The Kier molecular flexibility index (Phi) is 5.60. The molecule has 1 rings (SSSR count). The van der Waals surface area contributed by atoms with Crippen molar-refractivity contribution in [1.29, 1.82) is 0 Å². The number of aliphatic hydroxyl groups excluding tert-OH is 1. The summed E-state index contributed by atoms with van der Waals surface area (Å²) in [5.74, 6) is 0. The van der Waals surface area contributed by atoms with Crippen LogP contribution in [0.3, 0.4) is 0 Å². The Morgan fingerprint density at radius 1 is 1.44 bits per heavy atom. The third-order valence-electron chi connectivity index (χ3n) is 2.50. The minimum Gasteiger partial charge on any atom is -0.392 e. The number of aliphatic hydroxyl groups is 1. The summed E-state index contributed by atoms with van der Waals surface area (Å²) >= 11 is 6.17. The van der Waals surface area contributed by atoms with Gasteiger partial charge in [0.2, 0.25) is 0 Å². The molecule has 0 saturated carbocycles. The maximum absolute atomic E-state index is 9.30. The number of methoxy groups -OCH3 is 1. The van der Waals surface area contributed by atoms with Gasteiger partial charge in [0.1, 0.15) is 0 Å². The second-order valence-electron chi connectivity index (χ2n) is 3.48. The predicted molar refractivity (Wildman–Crippen MR) is 67.1 cm³/mol. The number of hydrogen-bond donors (Lipinski definition) is 1. The zero-order chi connectivity index (χ0) is 12.0. The Morgan fingerprint density at radius 2 is 2.19 bits per heavy atom. The second kappa shape index (κ2) is 6.74. The Morgan fingerprint density at radius 3 is 2.75 bits per heavy atom. The molecule has 16 heavy (non-hydrogen) atoms. The maximum Gasteiger partial charge on any atom is 0.0702 e. The van der Waals surface area contributed by atoms with E-state index in [-0.39, 0.29) is 6.61 Å². The van der Waals surface area contributed by atoms with Crippen molar-refractivity contribution in [2.45, 2.75) is 13.5 Å². The molecule has 4 heteroatoms. The van der Waals surface area contributed by atoms with Crippen LogP contribution in [-0.2, 0) is 11.3 Å². The first-order valence-electron chi connectivity index (χ1n) is 5.36. The van der Waals surface area contributed by atoms with Gasteiger partial charge in [0.25, 0.3) is 0 Å². The van der Waals surface area contributed by atoms with E-state index >= 15 is 0 Å². The third kappa shape index (κ3) is 3.11. The van der Waals surface area contributed by atoms with E-state index in [0.29, 0.717) is 11.6 Å². The van der Waals surface area contributed by atoms with E-state index < -0.39 is 0 Å². The lowest BCUT2D eigenvalue weighted by molar-refractivity contribution is 0.205. The topological polar surface area (TPSA) is 32.7 Å². The first-order valence-corrected chi connectivity index (χ1v) is 5.74. The molecular weight excluding hydrogens is 226 g/mol. The lowest BCUT2D eigenvalue weighted by Crippen LogP contribution is -2.28. The minimum absolute atomic E-state index is 0.000620. The summed E-state index contributed by atoms with van der Waals surface area (Å²) in [6.45, 7) is 4.30. The number of ether oxygens (including phenoxy) is 1. The lowest BCUT2D eigenvalue weighted by Gasteiger charge is -2.26. The van der Waals surface area contributed by atoms with E-state index in [0.717, 1.165) is 24.3 Å². The van der Waals surface area contributed by atoms with Crippen LogP contribution in [0.25, 0.3) is 0 Å². The standard InChI is InChI=1S/C12H18ClNO2/c1-3-14(7-8-16-2)12-10(9-15)5-4-6-11(12)13/h4-6,15H,3,7-9H2,1-2H3. The molecule has 0 bridgehead atoms. The van der Waals surface area contributed by atoms with Crippen molar-refractivity contribution < 1.29 is 9.84 Å². The highest BCUT2D eigenvalue weighted by Gasteiger charge is 2.12. The fourth-order valence-electron chi connectivity index (χ4n) is 1.67. The van der Waals surface area contributed by atoms with Gasteiger partial charge in [0.15, 0.2) is 0 Å². The molecule has 0 heterocycles. The van der Waals surface area contributed by atoms with Crippen LogP contribution < -0.4 is 4.90 Å². The van der Waals surface area contributed by atoms with Crippen LogP contribution >= 0.6 is 11.6 Å². The van der Waals surface area contributed by atoms with E-state index in [1.54, 1.807) is 7.11 Å². The number of benzene rings is 1. The molecule has 1 aromatic rings. The predicted octanol–water partition coefficient (Wildman–Crippen LogP) is 2.31. The van der Waals surface area contributed by atoms with Gasteiger partial charge in [0.05, 0.1) is 23.9 Å². The van der Waals surface area contributed by atoms with E-state index in [9.17, 15) is 5.11 Å². The molecule has 3 nitrogen and oxygen atoms in total. The number of hydrogen-bond acceptors (Lipinski definition) is 3. The van der Waals surface area contributed by atoms with Crippen LogP contribution in [0.15, 0.2) is 18.2 Å². The largest absolute Gasteiger partial charge is 0.392 e. The summed E-state index contributed by atoms with van der Waals surface area (Å²) in [5, 5.41) is 9.97. The molecule has 0 aliphatic carbocycles. The maximum atomic E-state index is 9.30. The summed E-state index contributed by atoms with van der Waals surface area (Å²) in [6, 6.07) is 5.57. The minimum atomic E-state index is -0.000620. The van der Waals surface area contributed by atoms with Crippen molar-refractivity contribution in [2.75, 3.05) is 31.7 Å². The molecule has 0 saturated heterocycles. The van der Waals surface area contributed by atoms with Gasteiger partial charge in [-0.2, -0.15) is 0 Å². The highest BCUT2D eigenvalue weighted by atomic mass is 35.5. The Hall–Kier alpha value is -0.770. The SMILES string of the molecule is CCN(CCOC)c1c(Cl)cccc1CO. The molecule has 0 unspecified atom stereocenters. The normalized spacial score (nSPS) is 10.5. The molecule has 90 valence electrons. The Labute approximate surface area is 102 Å². The van der Waals surface area contributed by atoms with Gasteiger partial charge < -0.3 is 14.7 Å². The highest BCUT2D eigenvalue weighted by Crippen LogP contribution is 2.29. The molecule has 0 spiro atoms. The van der Waals surface area contributed by atoms with Crippen LogP contribution in [-0.4, -0.2) is 31.9 Å². The van der Waals surface area contributed by atoms with Gasteiger partial charge in [-0.1, -0.05) is 23.7 Å². The molecule has 1 aromatic carbocycles. The van der Waals surface area contributed by atoms with Crippen LogP contribution in [0.2, 0.25) is 5.02 Å². The molecule has 0 radical (unpaired) electrons. The molecule has 0 aliphatic heterocycles. The van der Waals surface area contributed by atoms with E-state index in [4.69, 9.17) is 16.3 Å². The summed E-state index contributed by atoms with van der Waals surface area (Å²) < 4.78 is 5.06. The van der Waals surface area contributed by atoms with Crippen molar-refractivity contribution in [3.05, 3.63) is 28.8 Å². The Balaban J connectivity index is 2.97. The molecule has 0 atom stereocenters. The quantitative estimate of drug-likeness (QED) is 0.832. The van der Waals surface area contributed by atoms with Gasteiger partial charge in [-0.15, -0.1) is 0 Å². The number of likely N-dealkylation sites (N-methyl/N-ethyl adjacent to an activating group) is 1. The molecule has 1 N–H and O–H groups in total. The first kappa shape index (κ1) is 13.3. The number of anilines is 1. The van der Waals surface area contributed by atoms with Gasteiger partial charge >= 0.3 is 0 Å². The molecule has 0 aromatic heterocycles. The monoisotopic (exact) mass is 243 g/mol. The number of para-hydroxylation sites is 1. The van der Waals surface area contributed by atoms with Crippen molar-refractivity contribution >= 4 is 17.3 Å². The van der Waals surface area contributed by atoms with Crippen molar-refractivity contribution in [2.24, 2.45) is 0 Å². The van der Waals surface area contributed by atoms with E-state index in [1.165, 1.54) is 0 Å². The lowest BCUT2D eigenvalue weighted by atomic mass is 10.1. The summed E-state index contributed by atoms with van der Waals surface area (Å²) in [7, 11) is 1.67. The number of halogens is 1. The fraction of sp³-hybridized carbons (Fsp3) is 0.500. The summed E-state index contributed by atoms with van der Waals surface area (Å²) in [6.07, 6.45) is 0.